The van der Waals surface area contributed by atoms with Crippen molar-refractivity contribution in [1.82, 2.24) is 4.90 Å². The Morgan fingerprint density at radius 1 is 1.39 bits per heavy atom. The van der Waals surface area contributed by atoms with E-state index in [1.54, 1.807) is 6.08 Å². The first-order chi connectivity index (χ1) is 10.8. The molecule has 1 amide bonds. The number of hydrogen-bond donors (Lipinski definition) is 2. The third-order valence-electron chi connectivity index (χ3n) is 3.13. The molecule has 120 valence electrons. The predicted octanol–water partition coefficient (Wildman–Crippen LogP) is 2.12. The standard InChI is InChI=1S/C15H13NO5S2/c1-8-3-2-4-9(5-8)6-11-13(19)16(15(22)23-11)10(14(20)21)7-12(17)18/h2-6,10H,7H2,1H3,(H,17,18)(H,20,21)/b11-6+/t10-/m1/s1. The van der Waals surface area contributed by atoms with Crippen molar-refractivity contribution in [3.05, 3.63) is 40.3 Å². The summed E-state index contributed by atoms with van der Waals surface area (Å²) in [6, 6.07) is 5.93. The van der Waals surface area contributed by atoms with Gasteiger partial charge in [-0.2, -0.15) is 0 Å². The average molecular weight is 351 g/mol. The number of thiocarbonyl (C=S) groups is 1. The van der Waals surface area contributed by atoms with Crippen molar-refractivity contribution < 1.29 is 24.6 Å². The van der Waals surface area contributed by atoms with Gasteiger partial charge in [0.2, 0.25) is 0 Å². The van der Waals surface area contributed by atoms with Gasteiger partial charge in [-0.3, -0.25) is 14.5 Å². The number of aliphatic carboxylic acids is 2. The normalized spacial score (nSPS) is 17.6. The first kappa shape index (κ1) is 17.2. The molecule has 0 saturated carbocycles. The van der Waals surface area contributed by atoms with Gasteiger partial charge in [-0.1, -0.05) is 53.8 Å². The van der Waals surface area contributed by atoms with E-state index in [-0.39, 0.29) is 9.23 Å². The molecule has 0 unspecified atom stereocenters. The summed E-state index contributed by atoms with van der Waals surface area (Å²) in [5, 5.41) is 18.0. The van der Waals surface area contributed by atoms with Crippen LogP contribution in [-0.2, 0) is 14.4 Å². The van der Waals surface area contributed by atoms with Crippen LogP contribution in [0.3, 0.4) is 0 Å². The Balaban J connectivity index is 2.32. The molecule has 1 aromatic rings. The SMILES string of the molecule is Cc1cccc(/C=C2/SC(=S)N([C@H](CC(=O)O)C(=O)O)C2=O)c1. The highest BCUT2D eigenvalue weighted by Crippen LogP contribution is 2.34. The van der Waals surface area contributed by atoms with E-state index in [4.69, 9.17) is 17.3 Å². The molecule has 1 fully saturated rings. The van der Waals surface area contributed by atoms with Crippen molar-refractivity contribution >= 4 is 52.2 Å². The molecule has 1 aliphatic heterocycles. The van der Waals surface area contributed by atoms with Crippen molar-refractivity contribution in [1.29, 1.82) is 0 Å². The van der Waals surface area contributed by atoms with Crippen LogP contribution in [0.25, 0.3) is 6.08 Å². The summed E-state index contributed by atoms with van der Waals surface area (Å²) in [5.74, 6) is -3.30. The maximum Gasteiger partial charge on any atom is 0.327 e. The summed E-state index contributed by atoms with van der Waals surface area (Å²) >= 11 is 6.02. The van der Waals surface area contributed by atoms with Crippen LogP contribution >= 0.6 is 24.0 Å². The van der Waals surface area contributed by atoms with Crippen LogP contribution in [0, 0.1) is 6.92 Å². The zero-order valence-electron chi connectivity index (χ0n) is 12.1. The van der Waals surface area contributed by atoms with E-state index in [2.05, 4.69) is 0 Å². The molecule has 1 aliphatic rings. The van der Waals surface area contributed by atoms with Gasteiger partial charge in [-0.05, 0) is 18.6 Å². The van der Waals surface area contributed by atoms with Crippen molar-refractivity contribution in [2.24, 2.45) is 0 Å². The lowest BCUT2D eigenvalue weighted by Crippen LogP contribution is -2.45. The number of hydrogen-bond acceptors (Lipinski definition) is 5. The lowest BCUT2D eigenvalue weighted by Gasteiger charge is -2.21. The molecular weight excluding hydrogens is 338 g/mol. The molecule has 2 rings (SSSR count). The van der Waals surface area contributed by atoms with Crippen LogP contribution in [0.4, 0.5) is 0 Å². The smallest absolute Gasteiger partial charge is 0.327 e. The molecule has 23 heavy (non-hydrogen) atoms. The van der Waals surface area contributed by atoms with E-state index in [1.807, 2.05) is 31.2 Å². The van der Waals surface area contributed by atoms with Gasteiger partial charge in [0.15, 0.2) is 0 Å². The fraction of sp³-hybridized carbons (Fsp3) is 0.200. The van der Waals surface area contributed by atoms with Crippen LogP contribution in [0.15, 0.2) is 29.2 Å². The fourth-order valence-corrected chi connectivity index (χ4v) is 3.47. The van der Waals surface area contributed by atoms with Crippen LogP contribution in [0.2, 0.25) is 0 Å². The molecule has 0 radical (unpaired) electrons. The van der Waals surface area contributed by atoms with E-state index in [0.717, 1.165) is 27.8 Å². The molecule has 0 bridgehead atoms. The second-order valence-electron chi connectivity index (χ2n) is 4.92. The largest absolute Gasteiger partial charge is 0.481 e. The molecule has 0 aromatic heterocycles. The molecule has 2 N–H and O–H groups in total. The maximum absolute atomic E-state index is 12.4. The number of aryl methyl sites for hydroxylation is 1. The highest BCUT2D eigenvalue weighted by Gasteiger charge is 2.41. The summed E-state index contributed by atoms with van der Waals surface area (Å²) < 4.78 is 0.0440. The maximum atomic E-state index is 12.4. The molecule has 1 aromatic carbocycles. The topological polar surface area (TPSA) is 94.9 Å². The predicted molar refractivity (Wildman–Crippen MR) is 89.9 cm³/mol. The van der Waals surface area contributed by atoms with Gasteiger partial charge in [-0.25, -0.2) is 4.79 Å². The van der Waals surface area contributed by atoms with Crippen LogP contribution in [0.1, 0.15) is 17.5 Å². The number of amides is 1. The summed E-state index contributed by atoms with van der Waals surface area (Å²) in [6.45, 7) is 1.91. The number of carboxylic acid groups (broad SMARTS) is 2. The van der Waals surface area contributed by atoms with Gasteiger partial charge in [0.1, 0.15) is 10.4 Å². The summed E-state index contributed by atoms with van der Waals surface area (Å²) in [7, 11) is 0. The Morgan fingerprint density at radius 3 is 2.65 bits per heavy atom. The van der Waals surface area contributed by atoms with Crippen LogP contribution in [0.5, 0.6) is 0 Å². The Kier molecular flexibility index (Phi) is 5.17. The molecule has 0 spiro atoms. The summed E-state index contributed by atoms with van der Waals surface area (Å²) in [5.41, 5.74) is 1.80. The minimum Gasteiger partial charge on any atom is -0.481 e. The molecule has 0 aliphatic carbocycles. The van der Waals surface area contributed by atoms with Crippen molar-refractivity contribution in [2.75, 3.05) is 0 Å². The molecule has 8 heteroatoms. The van der Waals surface area contributed by atoms with Gasteiger partial charge >= 0.3 is 11.9 Å². The lowest BCUT2D eigenvalue weighted by atomic mass is 10.1. The van der Waals surface area contributed by atoms with Crippen LogP contribution in [-0.4, -0.2) is 43.3 Å². The van der Waals surface area contributed by atoms with Gasteiger partial charge in [0.05, 0.1) is 11.3 Å². The quantitative estimate of drug-likeness (QED) is 0.620. The first-order valence-electron chi connectivity index (χ1n) is 6.58. The van der Waals surface area contributed by atoms with E-state index < -0.39 is 30.3 Å². The Labute approximate surface area is 141 Å². The number of carbonyl (C=O) groups is 3. The molecule has 1 heterocycles. The average Bonchev–Trinajstić information content (AvgIpc) is 2.71. The third kappa shape index (κ3) is 3.96. The second kappa shape index (κ2) is 6.93. The zero-order chi connectivity index (χ0) is 17.1. The number of thioether (sulfide) groups is 1. The van der Waals surface area contributed by atoms with Gasteiger partial charge < -0.3 is 10.2 Å². The molecule has 6 nitrogen and oxygen atoms in total. The molecular formula is C15H13NO5S2. The Bertz CT molecular complexity index is 728. The highest BCUT2D eigenvalue weighted by molar-refractivity contribution is 8.26. The number of benzene rings is 1. The van der Waals surface area contributed by atoms with Crippen molar-refractivity contribution in [3.63, 3.8) is 0 Å². The van der Waals surface area contributed by atoms with Crippen LogP contribution < -0.4 is 0 Å². The van der Waals surface area contributed by atoms with E-state index in [0.29, 0.717) is 0 Å². The van der Waals surface area contributed by atoms with E-state index >= 15 is 0 Å². The Morgan fingerprint density at radius 2 is 2.09 bits per heavy atom. The molecule has 1 saturated heterocycles. The number of nitrogens with zero attached hydrogens (tertiary/aromatic N) is 1. The van der Waals surface area contributed by atoms with Gasteiger partial charge in [-0.15, -0.1) is 0 Å². The van der Waals surface area contributed by atoms with Gasteiger partial charge in [0, 0.05) is 0 Å². The summed E-state index contributed by atoms with van der Waals surface area (Å²) in [4.78, 5) is 35.7. The highest BCUT2D eigenvalue weighted by atomic mass is 32.2. The Hall–Kier alpha value is -2.19. The van der Waals surface area contributed by atoms with Crippen molar-refractivity contribution in [2.45, 2.75) is 19.4 Å². The molecule has 1 atom stereocenters. The second-order valence-corrected chi connectivity index (χ2v) is 6.59. The third-order valence-corrected chi connectivity index (χ3v) is 4.46. The fourth-order valence-electron chi connectivity index (χ4n) is 2.11. The monoisotopic (exact) mass is 351 g/mol. The van der Waals surface area contributed by atoms with Gasteiger partial charge in [0.25, 0.3) is 5.91 Å². The zero-order valence-corrected chi connectivity index (χ0v) is 13.7. The lowest BCUT2D eigenvalue weighted by molar-refractivity contribution is -0.150. The number of rotatable bonds is 5. The first-order valence-corrected chi connectivity index (χ1v) is 7.80. The number of carbonyl (C=O) groups excluding carboxylic acids is 1. The van der Waals surface area contributed by atoms with Crippen molar-refractivity contribution in [3.8, 4) is 0 Å². The minimum atomic E-state index is -1.51. The summed E-state index contributed by atoms with van der Waals surface area (Å²) in [6.07, 6.45) is 0.908. The van der Waals surface area contributed by atoms with E-state index in [1.165, 1.54) is 0 Å². The number of carboxylic acids is 2. The minimum absolute atomic E-state index is 0.0440. The van der Waals surface area contributed by atoms with E-state index in [9.17, 15) is 19.5 Å².